The first-order valence-electron chi connectivity index (χ1n) is 9.91. The Hall–Kier alpha value is -3.29. The van der Waals surface area contributed by atoms with E-state index in [9.17, 15) is 14.4 Å². The predicted molar refractivity (Wildman–Crippen MR) is 126 cm³/mol. The molecule has 32 heavy (non-hydrogen) atoms. The van der Waals surface area contributed by atoms with Gasteiger partial charge in [0.1, 0.15) is 12.6 Å². The molecule has 3 N–H and O–H groups in total. The molecular weight excluding hydrogens is 446 g/mol. The summed E-state index contributed by atoms with van der Waals surface area (Å²) in [6, 6.07) is 22.3. The van der Waals surface area contributed by atoms with Gasteiger partial charge in [-0.05, 0) is 42.0 Å². The van der Waals surface area contributed by atoms with Gasteiger partial charge in [-0.2, -0.15) is 0 Å². The van der Waals surface area contributed by atoms with Crippen LogP contribution in [0.25, 0.3) is 0 Å². The van der Waals surface area contributed by atoms with Gasteiger partial charge >= 0.3 is 0 Å². The first-order chi connectivity index (χ1) is 15.4. The van der Waals surface area contributed by atoms with Crippen LogP contribution in [0.1, 0.15) is 21.2 Å². The highest BCUT2D eigenvalue weighted by Crippen LogP contribution is 2.45. The predicted octanol–water partition coefficient (Wildman–Crippen LogP) is 3.80. The first kappa shape index (κ1) is 21.9. The quantitative estimate of drug-likeness (QED) is 0.599. The lowest BCUT2D eigenvalue weighted by atomic mass is 10.0. The molecule has 1 aliphatic heterocycles. The molecule has 0 fully saturated rings. The van der Waals surface area contributed by atoms with Crippen LogP contribution in [0.3, 0.4) is 0 Å². The Morgan fingerprint density at radius 2 is 1.62 bits per heavy atom. The Bertz CT molecular complexity index is 1150. The van der Waals surface area contributed by atoms with E-state index in [0.29, 0.717) is 16.3 Å². The van der Waals surface area contributed by atoms with Crippen LogP contribution in [0, 0.1) is 0 Å². The number of benzene rings is 3. The molecule has 0 spiro atoms. The Kier molecular flexibility index (Phi) is 6.48. The van der Waals surface area contributed by atoms with Crippen molar-refractivity contribution in [3.05, 3.63) is 95.0 Å². The minimum atomic E-state index is -0.933. The standard InChI is InChI=1S/C24H20ClN3O3S/c25-17-12-10-16(11-13-17)23(30)27-21-22(15-6-2-1-3-7-15)32-19-9-5-4-8-18(19)28(24(21)31)14-20(26)29/h1-13,21-22H,14H2,(H2,26,29)(H,27,30). The fourth-order valence-corrected chi connectivity index (χ4v) is 5.06. The molecule has 3 aromatic rings. The zero-order valence-electron chi connectivity index (χ0n) is 16.9. The minimum Gasteiger partial charge on any atom is -0.368 e. The largest absolute Gasteiger partial charge is 0.368 e. The number of carbonyl (C=O) groups excluding carboxylic acids is 3. The summed E-state index contributed by atoms with van der Waals surface area (Å²) < 4.78 is 0. The molecule has 8 heteroatoms. The van der Waals surface area contributed by atoms with Gasteiger partial charge in [-0.1, -0.05) is 54.1 Å². The molecule has 4 rings (SSSR count). The normalized spacial score (nSPS) is 17.9. The van der Waals surface area contributed by atoms with Gasteiger partial charge in [0.25, 0.3) is 11.8 Å². The number of nitrogens with one attached hydrogen (secondary N) is 1. The van der Waals surface area contributed by atoms with E-state index < -0.39 is 29.0 Å². The maximum absolute atomic E-state index is 13.7. The third-order valence-electron chi connectivity index (χ3n) is 5.08. The molecule has 0 radical (unpaired) electrons. The van der Waals surface area contributed by atoms with Gasteiger partial charge in [0.2, 0.25) is 5.91 Å². The van der Waals surface area contributed by atoms with E-state index in [1.807, 2.05) is 42.5 Å². The molecule has 1 heterocycles. The smallest absolute Gasteiger partial charge is 0.251 e. The van der Waals surface area contributed by atoms with Crippen LogP contribution >= 0.6 is 23.4 Å². The van der Waals surface area contributed by atoms with E-state index in [1.165, 1.54) is 16.7 Å². The number of carbonyl (C=O) groups is 3. The van der Waals surface area contributed by atoms with Gasteiger partial charge in [0, 0.05) is 15.5 Å². The molecular formula is C24H20ClN3O3S. The molecule has 1 aliphatic rings. The maximum Gasteiger partial charge on any atom is 0.251 e. The molecule has 0 aromatic heterocycles. The summed E-state index contributed by atoms with van der Waals surface area (Å²) in [4.78, 5) is 40.7. The van der Waals surface area contributed by atoms with Crippen molar-refractivity contribution in [2.75, 3.05) is 11.4 Å². The van der Waals surface area contributed by atoms with Gasteiger partial charge < -0.3 is 16.0 Å². The zero-order valence-corrected chi connectivity index (χ0v) is 18.5. The van der Waals surface area contributed by atoms with Gasteiger partial charge in [0.05, 0.1) is 10.9 Å². The highest BCUT2D eigenvalue weighted by Gasteiger charge is 2.40. The van der Waals surface area contributed by atoms with Crippen molar-refractivity contribution in [1.82, 2.24) is 5.32 Å². The first-order valence-corrected chi connectivity index (χ1v) is 11.2. The third kappa shape index (κ3) is 4.64. The second-order valence-corrected chi connectivity index (χ2v) is 8.89. The lowest BCUT2D eigenvalue weighted by Crippen LogP contribution is -2.52. The van der Waals surface area contributed by atoms with Crippen LogP contribution < -0.4 is 16.0 Å². The van der Waals surface area contributed by atoms with Crippen molar-refractivity contribution >= 4 is 46.8 Å². The number of rotatable bonds is 5. The fraction of sp³-hybridized carbons (Fsp3) is 0.125. The van der Waals surface area contributed by atoms with Crippen LogP contribution in [0.5, 0.6) is 0 Å². The van der Waals surface area contributed by atoms with Crippen LogP contribution in [-0.2, 0) is 9.59 Å². The number of hydrogen-bond donors (Lipinski definition) is 2. The van der Waals surface area contributed by atoms with E-state index in [1.54, 1.807) is 36.4 Å². The highest BCUT2D eigenvalue weighted by atomic mass is 35.5. The number of para-hydroxylation sites is 1. The summed E-state index contributed by atoms with van der Waals surface area (Å²) >= 11 is 7.40. The third-order valence-corrected chi connectivity index (χ3v) is 6.73. The summed E-state index contributed by atoms with van der Waals surface area (Å²) in [6.45, 7) is -0.286. The Labute approximate surface area is 194 Å². The topological polar surface area (TPSA) is 92.5 Å². The summed E-state index contributed by atoms with van der Waals surface area (Å²) in [5.41, 5.74) is 7.30. The van der Waals surface area contributed by atoms with Crippen molar-refractivity contribution in [2.24, 2.45) is 5.73 Å². The van der Waals surface area contributed by atoms with E-state index in [4.69, 9.17) is 17.3 Å². The molecule has 0 aliphatic carbocycles. The SMILES string of the molecule is NC(=O)CN1C(=O)C(NC(=O)c2ccc(Cl)cc2)C(c2ccccc2)Sc2ccccc21. The maximum atomic E-state index is 13.7. The number of nitrogens with two attached hydrogens (primary N) is 1. The summed E-state index contributed by atoms with van der Waals surface area (Å²) in [7, 11) is 0. The Morgan fingerprint density at radius 3 is 2.31 bits per heavy atom. The van der Waals surface area contributed by atoms with E-state index >= 15 is 0 Å². The minimum absolute atomic E-state index is 0.286. The van der Waals surface area contributed by atoms with Crippen LogP contribution in [0.15, 0.2) is 83.8 Å². The fourth-order valence-electron chi connectivity index (χ4n) is 3.59. The number of amides is 3. The molecule has 0 saturated heterocycles. The number of anilines is 1. The molecule has 0 bridgehead atoms. The molecule has 2 unspecified atom stereocenters. The number of halogens is 1. The number of hydrogen-bond acceptors (Lipinski definition) is 4. The van der Waals surface area contributed by atoms with Crippen molar-refractivity contribution < 1.29 is 14.4 Å². The monoisotopic (exact) mass is 465 g/mol. The number of thioether (sulfide) groups is 1. The average molecular weight is 466 g/mol. The van der Waals surface area contributed by atoms with Crippen molar-refractivity contribution in [3.63, 3.8) is 0 Å². The Morgan fingerprint density at radius 1 is 0.969 bits per heavy atom. The molecule has 6 nitrogen and oxygen atoms in total. The van der Waals surface area contributed by atoms with Gasteiger partial charge in [0.15, 0.2) is 0 Å². The Balaban J connectivity index is 1.78. The van der Waals surface area contributed by atoms with Crippen molar-refractivity contribution in [3.8, 4) is 0 Å². The molecule has 3 aromatic carbocycles. The van der Waals surface area contributed by atoms with Gasteiger partial charge in [-0.15, -0.1) is 11.8 Å². The summed E-state index contributed by atoms with van der Waals surface area (Å²) in [6.07, 6.45) is 0. The van der Waals surface area contributed by atoms with Crippen molar-refractivity contribution in [2.45, 2.75) is 16.2 Å². The van der Waals surface area contributed by atoms with E-state index in [-0.39, 0.29) is 6.54 Å². The number of primary amides is 1. The molecule has 162 valence electrons. The zero-order chi connectivity index (χ0) is 22.7. The van der Waals surface area contributed by atoms with Crippen LogP contribution in [-0.4, -0.2) is 30.3 Å². The van der Waals surface area contributed by atoms with Crippen molar-refractivity contribution in [1.29, 1.82) is 0 Å². The number of nitrogens with zero attached hydrogens (tertiary/aromatic N) is 1. The van der Waals surface area contributed by atoms with Gasteiger partial charge in [-0.3, -0.25) is 14.4 Å². The van der Waals surface area contributed by atoms with E-state index in [2.05, 4.69) is 5.32 Å². The van der Waals surface area contributed by atoms with E-state index in [0.717, 1.165) is 10.5 Å². The summed E-state index contributed by atoms with van der Waals surface area (Å²) in [5.74, 6) is -1.46. The van der Waals surface area contributed by atoms with Crippen LogP contribution in [0.4, 0.5) is 5.69 Å². The second-order valence-electron chi connectivity index (χ2n) is 7.27. The lowest BCUT2D eigenvalue weighted by molar-refractivity contribution is -0.123. The second kappa shape index (κ2) is 9.46. The van der Waals surface area contributed by atoms with Gasteiger partial charge in [-0.25, -0.2) is 0 Å². The lowest BCUT2D eigenvalue weighted by Gasteiger charge is -2.28. The van der Waals surface area contributed by atoms with Crippen LogP contribution in [0.2, 0.25) is 5.02 Å². The highest BCUT2D eigenvalue weighted by molar-refractivity contribution is 7.99. The summed E-state index contributed by atoms with van der Waals surface area (Å²) in [5, 5.41) is 2.97. The average Bonchev–Trinajstić information content (AvgIpc) is 2.90. The number of fused-ring (bicyclic) bond motifs is 1. The molecule has 2 atom stereocenters. The molecule has 0 saturated carbocycles. The molecule has 3 amide bonds.